The van der Waals surface area contributed by atoms with Crippen molar-refractivity contribution in [1.82, 2.24) is 5.32 Å². The number of thioether (sulfide) groups is 1. The molecule has 1 atom stereocenters. The summed E-state index contributed by atoms with van der Waals surface area (Å²) in [6, 6.07) is 2.30. The van der Waals surface area contributed by atoms with Crippen molar-refractivity contribution >= 4 is 11.8 Å². The van der Waals surface area contributed by atoms with E-state index in [1.165, 1.54) is 0 Å². The van der Waals surface area contributed by atoms with Gasteiger partial charge in [-0.3, -0.25) is 0 Å². The molecule has 0 fully saturated rings. The van der Waals surface area contributed by atoms with Crippen molar-refractivity contribution in [1.29, 1.82) is 0 Å². The van der Waals surface area contributed by atoms with Gasteiger partial charge >= 0.3 is 0 Å². The van der Waals surface area contributed by atoms with Crippen molar-refractivity contribution in [3.63, 3.8) is 0 Å². The fourth-order valence-corrected chi connectivity index (χ4v) is 1.99. The molecule has 0 aromatic heterocycles. The average molecular weight is 263 g/mol. The Morgan fingerprint density at radius 1 is 1.24 bits per heavy atom. The predicted octanol–water partition coefficient (Wildman–Crippen LogP) is 3.34. The molecule has 0 saturated carbocycles. The summed E-state index contributed by atoms with van der Waals surface area (Å²) in [5, 5.41) is 3.14. The fraction of sp³-hybridized carbons (Fsp3) is 0.500. The summed E-state index contributed by atoms with van der Waals surface area (Å²) in [5.41, 5.74) is 0.414. The minimum atomic E-state index is -1.41. The lowest BCUT2D eigenvalue weighted by molar-refractivity contribution is 0.442. The third kappa shape index (κ3) is 4.60. The van der Waals surface area contributed by atoms with Gasteiger partial charge in [-0.2, -0.15) is 11.8 Å². The molecule has 1 N–H and O–H groups in total. The maximum absolute atomic E-state index is 12.9. The van der Waals surface area contributed by atoms with E-state index >= 15 is 0 Å². The summed E-state index contributed by atoms with van der Waals surface area (Å²) < 4.78 is 38.5. The second-order valence-electron chi connectivity index (χ2n) is 3.94. The predicted molar refractivity (Wildman–Crippen MR) is 65.6 cm³/mol. The lowest BCUT2D eigenvalue weighted by Gasteiger charge is -2.13. The van der Waals surface area contributed by atoms with E-state index in [9.17, 15) is 13.2 Å². The van der Waals surface area contributed by atoms with Crippen molar-refractivity contribution in [2.75, 3.05) is 12.0 Å². The molecule has 0 aliphatic rings. The first-order valence-electron chi connectivity index (χ1n) is 5.40. The molecule has 1 rings (SSSR count). The molecule has 0 heterocycles. The van der Waals surface area contributed by atoms with Crippen molar-refractivity contribution < 1.29 is 13.2 Å². The number of nitrogens with one attached hydrogen (secondary N) is 1. The summed E-state index contributed by atoms with van der Waals surface area (Å²) >= 11 is 1.75. The standard InChI is InChI=1S/C12H16F3NS/c1-8(3-4-17-2)16-7-9-5-10(13)12(15)11(14)6-9/h5-6,8,16H,3-4,7H2,1-2H3. The van der Waals surface area contributed by atoms with Gasteiger partial charge in [0.15, 0.2) is 17.5 Å². The number of rotatable bonds is 6. The maximum atomic E-state index is 12.9. The van der Waals surface area contributed by atoms with Crippen LogP contribution in [0, 0.1) is 17.5 Å². The Hall–Kier alpha value is -0.680. The van der Waals surface area contributed by atoms with E-state index in [-0.39, 0.29) is 6.04 Å². The van der Waals surface area contributed by atoms with Crippen LogP contribution >= 0.6 is 11.8 Å². The summed E-state index contributed by atoms with van der Waals surface area (Å²) in [6.07, 6.45) is 3.00. The molecule has 1 aromatic rings. The van der Waals surface area contributed by atoms with Crippen molar-refractivity contribution in [2.24, 2.45) is 0 Å². The molecule has 1 unspecified atom stereocenters. The molecule has 0 saturated heterocycles. The highest BCUT2D eigenvalue weighted by molar-refractivity contribution is 7.98. The highest BCUT2D eigenvalue weighted by Gasteiger charge is 2.10. The lowest BCUT2D eigenvalue weighted by atomic mass is 10.2. The summed E-state index contributed by atoms with van der Waals surface area (Å²) in [4.78, 5) is 0. The van der Waals surface area contributed by atoms with Crippen molar-refractivity contribution in [3.05, 3.63) is 35.1 Å². The van der Waals surface area contributed by atoms with E-state index in [1.54, 1.807) is 11.8 Å². The minimum absolute atomic E-state index is 0.263. The Labute approximate surface area is 104 Å². The fourth-order valence-electron chi connectivity index (χ4n) is 1.40. The maximum Gasteiger partial charge on any atom is 0.194 e. The van der Waals surface area contributed by atoms with Crippen LogP contribution in [0.25, 0.3) is 0 Å². The Bertz CT molecular complexity index is 348. The second-order valence-corrected chi connectivity index (χ2v) is 4.92. The Kier molecular flexibility index (Phi) is 5.85. The van der Waals surface area contributed by atoms with Crippen LogP contribution in [-0.2, 0) is 6.54 Å². The van der Waals surface area contributed by atoms with E-state index in [4.69, 9.17) is 0 Å². The molecule has 96 valence electrons. The number of halogens is 3. The van der Waals surface area contributed by atoms with Gasteiger partial charge in [0.05, 0.1) is 0 Å². The van der Waals surface area contributed by atoms with Gasteiger partial charge in [-0.15, -0.1) is 0 Å². The summed E-state index contributed by atoms with van der Waals surface area (Å²) in [5.74, 6) is -2.67. The van der Waals surface area contributed by atoms with Crippen LogP contribution in [0.4, 0.5) is 13.2 Å². The van der Waals surface area contributed by atoms with Crippen LogP contribution in [0.1, 0.15) is 18.9 Å². The molecule has 1 aromatic carbocycles. The van der Waals surface area contributed by atoms with Gasteiger partial charge in [-0.25, -0.2) is 13.2 Å². The largest absolute Gasteiger partial charge is 0.310 e. The number of hydrogen-bond acceptors (Lipinski definition) is 2. The van der Waals surface area contributed by atoms with Crippen LogP contribution < -0.4 is 5.32 Å². The molecule has 0 amide bonds. The summed E-state index contributed by atoms with van der Waals surface area (Å²) in [6.45, 7) is 2.34. The first-order chi connectivity index (χ1) is 8.04. The van der Waals surface area contributed by atoms with Crippen LogP contribution in [0.3, 0.4) is 0 Å². The SMILES string of the molecule is CSCCC(C)NCc1cc(F)c(F)c(F)c1. The Morgan fingerprint density at radius 3 is 2.35 bits per heavy atom. The molecule has 0 aliphatic heterocycles. The lowest BCUT2D eigenvalue weighted by Crippen LogP contribution is -2.26. The monoisotopic (exact) mass is 263 g/mol. The van der Waals surface area contributed by atoms with Gasteiger partial charge in [0.1, 0.15) is 0 Å². The quantitative estimate of drug-likeness (QED) is 0.790. The molecule has 17 heavy (non-hydrogen) atoms. The Morgan fingerprint density at radius 2 is 1.82 bits per heavy atom. The van der Waals surface area contributed by atoms with E-state index in [0.717, 1.165) is 24.3 Å². The molecule has 0 radical (unpaired) electrons. The zero-order chi connectivity index (χ0) is 12.8. The van der Waals surface area contributed by atoms with Gasteiger partial charge < -0.3 is 5.32 Å². The molecule has 1 nitrogen and oxygen atoms in total. The highest BCUT2D eigenvalue weighted by Crippen LogP contribution is 2.13. The van der Waals surface area contributed by atoms with Crippen molar-refractivity contribution in [3.8, 4) is 0 Å². The number of hydrogen-bond donors (Lipinski definition) is 1. The van der Waals surface area contributed by atoms with Gasteiger partial charge in [0.2, 0.25) is 0 Å². The third-order valence-corrected chi connectivity index (χ3v) is 3.10. The van der Waals surface area contributed by atoms with Crippen LogP contribution in [0.15, 0.2) is 12.1 Å². The van der Waals surface area contributed by atoms with Gasteiger partial charge in [0.25, 0.3) is 0 Å². The van der Waals surface area contributed by atoms with Gasteiger partial charge in [-0.05, 0) is 43.0 Å². The second kappa shape index (κ2) is 6.91. The van der Waals surface area contributed by atoms with Gasteiger partial charge in [0, 0.05) is 12.6 Å². The first kappa shape index (κ1) is 14.4. The molecular formula is C12H16F3NS. The van der Waals surface area contributed by atoms with Crippen LogP contribution in [0.2, 0.25) is 0 Å². The normalized spacial score (nSPS) is 12.8. The summed E-state index contributed by atoms with van der Waals surface area (Å²) in [7, 11) is 0. The molecular weight excluding hydrogens is 247 g/mol. The average Bonchev–Trinajstić information content (AvgIpc) is 2.30. The molecule has 0 spiro atoms. The topological polar surface area (TPSA) is 12.0 Å². The van der Waals surface area contributed by atoms with E-state index in [2.05, 4.69) is 5.32 Å². The van der Waals surface area contributed by atoms with Crippen LogP contribution in [-0.4, -0.2) is 18.1 Å². The Balaban J connectivity index is 2.52. The molecule has 0 bridgehead atoms. The number of benzene rings is 1. The molecule has 5 heteroatoms. The zero-order valence-electron chi connectivity index (χ0n) is 9.90. The van der Waals surface area contributed by atoms with E-state index in [1.807, 2.05) is 13.2 Å². The van der Waals surface area contributed by atoms with E-state index < -0.39 is 17.5 Å². The highest BCUT2D eigenvalue weighted by atomic mass is 32.2. The van der Waals surface area contributed by atoms with E-state index in [0.29, 0.717) is 12.1 Å². The van der Waals surface area contributed by atoms with Crippen LogP contribution in [0.5, 0.6) is 0 Å². The minimum Gasteiger partial charge on any atom is -0.310 e. The van der Waals surface area contributed by atoms with Gasteiger partial charge in [-0.1, -0.05) is 0 Å². The van der Waals surface area contributed by atoms with Crippen molar-refractivity contribution in [2.45, 2.75) is 25.9 Å². The zero-order valence-corrected chi connectivity index (χ0v) is 10.7. The first-order valence-corrected chi connectivity index (χ1v) is 6.79. The molecule has 0 aliphatic carbocycles. The third-order valence-electron chi connectivity index (χ3n) is 2.45. The smallest absolute Gasteiger partial charge is 0.194 e.